The third kappa shape index (κ3) is 1.87. The van der Waals surface area contributed by atoms with Gasteiger partial charge in [-0.25, -0.2) is 0 Å². The maximum atomic E-state index is 9.01. The lowest BCUT2D eigenvalue weighted by Gasteiger charge is -2.36. The van der Waals surface area contributed by atoms with Gasteiger partial charge in [-0.3, -0.25) is 0 Å². The molecule has 1 atom stereocenters. The second-order valence-corrected chi connectivity index (χ2v) is 4.52. The fourth-order valence-corrected chi connectivity index (χ4v) is 2.30. The molecular weight excluding hydrogens is 202 g/mol. The molecular formula is C13H19NO2. The standard InChI is InChI=1S/C13H19NO2/c1-9-6-10(2)13-12(7-9)14(3)11(4-5-15)8-16-13/h6-7,11,15H,4-5,8H2,1-3H3. The molecule has 0 amide bonds. The van der Waals surface area contributed by atoms with Crippen LogP contribution in [0.5, 0.6) is 5.75 Å². The van der Waals surface area contributed by atoms with E-state index in [9.17, 15) is 0 Å². The highest BCUT2D eigenvalue weighted by Gasteiger charge is 2.25. The summed E-state index contributed by atoms with van der Waals surface area (Å²) in [6, 6.07) is 4.56. The van der Waals surface area contributed by atoms with Gasteiger partial charge in [0.25, 0.3) is 0 Å². The fourth-order valence-electron chi connectivity index (χ4n) is 2.30. The van der Waals surface area contributed by atoms with Crippen molar-refractivity contribution in [1.29, 1.82) is 0 Å². The molecule has 0 saturated heterocycles. The number of rotatable bonds is 2. The first-order chi connectivity index (χ1) is 7.63. The van der Waals surface area contributed by atoms with Crippen LogP contribution in [0.2, 0.25) is 0 Å². The highest BCUT2D eigenvalue weighted by molar-refractivity contribution is 5.64. The van der Waals surface area contributed by atoms with Crippen LogP contribution in [0.25, 0.3) is 0 Å². The van der Waals surface area contributed by atoms with Gasteiger partial charge in [0.1, 0.15) is 12.4 Å². The predicted octanol–water partition coefficient (Wildman–Crippen LogP) is 1.88. The van der Waals surface area contributed by atoms with Gasteiger partial charge in [-0.05, 0) is 37.5 Å². The first-order valence-corrected chi connectivity index (χ1v) is 5.71. The Morgan fingerprint density at radius 2 is 2.19 bits per heavy atom. The van der Waals surface area contributed by atoms with Crippen molar-refractivity contribution in [3.63, 3.8) is 0 Å². The molecule has 2 rings (SSSR count). The molecule has 0 aliphatic carbocycles. The summed E-state index contributed by atoms with van der Waals surface area (Å²) in [7, 11) is 2.07. The average Bonchev–Trinajstić information content (AvgIpc) is 2.23. The van der Waals surface area contributed by atoms with Gasteiger partial charge in [0, 0.05) is 13.7 Å². The number of hydrogen-bond acceptors (Lipinski definition) is 3. The highest BCUT2D eigenvalue weighted by atomic mass is 16.5. The topological polar surface area (TPSA) is 32.7 Å². The molecule has 1 aromatic rings. The van der Waals surface area contributed by atoms with E-state index in [0.29, 0.717) is 6.61 Å². The van der Waals surface area contributed by atoms with Crippen LogP contribution in [0, 0.1) is 13.8 Å². The van der Waals surface area contributed by atoms with Crippen molar-refractivity contribution in [2.45, 2.75) is 26.3 Å². The number of ether oxygens (including phenoxy) is 1. The number of benzene rings is 1. The molecule has 0 aromatic heterocycles. The molecule has 88 valence electrons. The summed E-state index contributed by atoms with van der Waals surface area (Å²) in [5.74, 6) is 0.988. The largest absolute Gasteiger partial charge is 0.489 e. The lowest BCUT2D eigenvalue weighted by molar-refractivity contribution is 0.218. The smallest absolute Gasteiger partial charge is 0.145 e. The monoisotopic (exact) mass is 221 g/mol. The number of likely N-dealkylation sites (N-methyl/N-ethyl adjacent to an activating group) is 1. The van der Waals surface area contributed by atoms with Crippen LogP contribution < -0.4 is 9.64 Å². The van der Waals surface area contributed by atoms with Crippen LogP contribution in [-0.2, 0) is 0 Å². The number of aliphatic hydroxyl groups excluding tert-OH is 1. The minimum absolute atomic E-state index is 0.207. The molecule has 1 aliphatic rings. The molecule has 1 heterocycles. The van der Waals surface area contributed by atoms with Crippen LogP contribution in [0.4, 0.5) is 5.69 Å². The van der Waals surface area contributed by atoms with E-state index in [1.54, 1.807) is 0 Å². The molecule has 0 radical (unpaired) electrons. The van der Waals surface area contributed by atoms with Crippen molar-refractivity contribution in [3.8, 4) is 5.75 Å². The van der Waals surface area contributed by atoms with E-state index in [1.165, 1.54) is 11.1 Å². The summed E-state index contributed by atoms with van der Waals surface area (Å²) in [5.41, 5.74) is 3.57. The second-order valence-electron chi connectivity index (χ2n) is 4.52. The van der Waals surface area contributed by atoms with E-state index >= 15 is 0 Å². The Morgan fingerprint density at radius 3 is 2.88 bits per heavy atom. The summed E-state index contributed by atoms with van der Waals surface area (Å²) in [6.45, 7) is 5.04. The maximum absolute atomic E-state index is 9.01. The third-order valence-electron chi connectivity index (χ3n) is 3.21. The van der Waals surface area contributed by atoms with Gasteiger partial charge in [-0.1, -0.05) is 6.07 Å². The van der Waals surface area contributed by atoms with Crippen molar-refractivity contribution in [1.82, 2.24) is 0 Å². The molecule has 1 unspecified atom stereocenters. The van der Waals surface area contributed by atoms with Crippen LogP contribution >= 0.6 is 0 Å². The molecule has 1 aliphatic heterocycles. The number of aryl methyl sites for hydroxylation is 2. The minimum Gasteiger partial charge on any atom is -0.489 e. The van der Waals surface area contributed by atoms with Crippen molar-refractivity contribution in [2.24, 2.45) is 0 Å². The Labute approximate surface area is 96.6 Å². The van der Waals surface area contributed by atoms with Gasteiger partial charge in [0.15, 0.2) is 0 Å². The van der Waals surface area contributed by atoms with Crippen LogP contribution in [0.1, 0.15) is 17.5 Å². The quantitative estimate of drug-likeness (QED) is 0.827. The zero-order valence-electron chi connectivity index (χ0n) is 10.2. The van der Waals surface area contributed by atoms with Gasteiger partial charge in [-0.2, -0.15) is 0 Å². The SMILES string of the molecule is Cc1cc(C)c2c(c1)N(C)C(CCO)CO2. The Kier molecular flexibility index (Phi) is 3.06. The Balaban J connectivity index is 2.36. The first-order valence-electron chi connectivity index (χ1n) is 5.71. The van der Waals surface area contributed by atoms with Gasteiger partial charge in [0.2, 0.25) is 0 Å². The zero-order chi connectivity index (χ0) is 11.7. The van der Waals surface area contributed by atoms with Crippen molar-refractivity contribution in [3.05, 3.63) is 23.3 Å². The lowest BCUT2D eigenvalue weighted by atomic mass is 10.0. The van der Waals surface area contributed by atoms with Gasteiger partial charge >= 0.3 is 0 Å². The Hall–Kier alpha value is -1.22. The minimum atomic E-state index is 0.207. The summed E-state index contributed by atoms with van der Waals surface area (Å²) in [4.78, 5) is 2.22. The second kappa shape index (κ2) is 4.34. The first kappa shape index (κ1) is 11.3. The van der Waals surface area contributed by atoms with E-state index in [2.05, 4.69) is 37.9 Å². The summed E-state index contributed by atoms with van der Waals surface area (Å²) < 4.78 is 5.79. The van der Waals surface area contributed by atoms with E-state index < -0.39 is 0 Å². The summed E-state index contributed by atoms with van der Waals surface area (Å²) in [5, 5.41) is 9.01. The molecule has 3 heteroatoms. The van der Waals surface area contributed by atoms with E-state index in [1.807, 2.05) is 0 Å². The molecule has 1 aromatic carbocycles. The van der Waals surface area contributed by atoms with Gasteiger partial charge < -0.3 is 14.7 Å². The number of anilines is 1. The molecule has 0 bridgehead atoms. The number of fused-ring (bicyclic) bond motifs is 1. The maximum Gasteiger partial charge on any atom is 0.145 e. The number of aliphatic hydroxyl groups is 1. The summed E-state index contributed by atoms with van der Waals surface area (Å²) in [6.07, 6.45) is 0.753. The third-order valence-corrected chi connectivity index (χ3v) is 3.21. The van der Waals surface area contributed by atoms with Crippen molar-refractivity contribution in [2.75, 3.05) is 25.2 Å². The fraction of sp³-hybridized carbons (Fsp3) is 0.538. The highest BCUT2D eigenvalue weighted by Crippen LogP contribution is 2.37. The molecule has 0 spiro atoms. The van der Waals surface area contributed by atoms with E-state index in [-0.39, 0.29) is 12.6 Å². The van der Waals surface area contributed by atoms with Gasteiger partial charge in [0.05, 0.1) is 11.7 Å². The Bertz CT molecular complexity index is 390. The van der Waals surface area contributed by atoms with Crippen LogP contribution in [0.15, 0.2) is 12.1 Å². The molecule has 16 heavy (non-hydrogen) atoms. The molecule has 1 N–H and O–H groups in total. The Morgan fingerprint density at radius 1 is 1.44 bits per heavy atom. The predicted molar refractivity (Wildman–Crippen MR) is 65.3 cm³/mol. The lowest BCUT2D eigenvalue weighted by Crippen LogP contribution is -2.41. The number of nitrogens with zero attached hydrogens (tertiary/aromatic N) is 1. The zero-order valence-corrected chi connectivity index (χ0v) is 10.2. The van der Waals surface area contributed by atoms with Crippen LogP contribution in [-0.4, -0.2) is 31.4 Å². The van der Waals surface area contributed by atoms with E-state index in [0.717, 1.165) is 17.9 Å². The molecule has 0 fully saturated rings. The summed E-state index contributed by atoms with van der Waals surface area (Å²) >= 11 is 0. The van der Waals surface area contributed by atoms with Crippen LogP contribution in [0.3, 0.4) is 0 Å². The van der Waals surface area contributed by atoms with Crippen molar-refractivity contribution < 1.29 is 9.84 Å². The van der Waals surface area contributed by atoms with Gasteiger partial charge in [-0.15, -0.1) is 0 Å². The van der Waals surface area contributed by atoms with Crippen molar-refractivity contribution >= 4 is 5.69 Å². The van der Waals surface area contributed by atoms with E-state index in [4.69, 9.17) is 9.84 Å². The average molecular weight is 221 g/mol. The number of hydrogen-bond donors (Lipinski definition) is 1. The molecule has 3 nitrogen and oxygen atoms in total. The normalized spacial score (nSPS) is 19.2. The molecule has 0 saturated carbocycles.